The molecule has 2 atom stereocenters. The molecule has 186 valence electrons. The van der Waals surface area contributed by atoms with E-state index < -0.39 is 11.9 Å². The maximum absolute atomic E-state index is 14.7. The van der Waals surface area contributed by atoms with Crippen molar-refractivity contribution in [2.45, 2.75) is 63.1 Å². The Morgan fingerprint density at radius 2 is 1.91 bits per heavy atom. The summed E-state index contributed by atoms with van der Waals surface area (Å²) in [5, 5.41) is 16.7. The van der Waals surface area contributed by atoms with E-state index in [-0.39, 0.29) is 39.6 Å². The maximum Gasteiger partial charge on any atom is 0.225 e. The Morgan fingerprint density at radius 1 is 1.14 bits per heavy atom. The van der Waals surface area contributed by atoms with Gasteiger partial charge >= 0.3 is 0 Å². The molecule has 35 heavy (non-hydrogen) atoms. The number of fused-ring (bicyclic) bond motifs is 1. The fraction of sp³-hybridized carbons (Fsp3) is 0.478. The number of anilines is 3. The van der Waals surface area contributed by atoms with Crippen LogP contribution in [0.1, 0.15) is 51.0 Å². The zero-order chi connectivity index (χ0) is 24.7. The Morgan fingerprint density at radius 3 is 2.57 bits per heavy atom. The number of hydrogen-bond donors (Lipinski definition) is 4. The first-order valence-electron chi connectivity index (χ1n) is 11.7. The zero-order valence-electron chi connectivity index (χ0n) is 18.8. The highest BCUT2D eigenvalue weighted by Gasteiger charge is 2.30. The van der Waals surface area contributed by atoms with Crippen LogP contribution in [0.2, 0.25) is 10.0 Å². The molecule has 0 aliphatic heterocycles. The average molecular weight is 522 g/mol. The third kappa shape index (κ3) is 4.87. The van der Waals surface area contributed by atoms with Gasteiger partial charge in [-0.25, -0.2) is 14.4 Å². The molecule has 1 aromatic carbocycles. The molecule has 1 amide bonds. The highest BCUT2D eigenvalue weighted by atomic mass is 35.5. The standard InChI is InChI=1S/C23H26Cl2FN7O2/c24-12-8-14(25)19(15(26)9-12)31-23-30-17-10-28-22(29-16-2-1-3-18(16)34)32-21(17)33(23)13-6-4-11(5-7-13)20(27)35/h8-11,13,16,18,34H,1-7H2,(H2,27,35)(H,30,31)(H,28,29,32)/t11-,13+,16-,18-/m0/s1. The first-order chi connectivity index (χ1) is 16.8. The van der Waals surface area contributed by atoms with Crippen molar-refractivity contribution in [1.82, 2.24) is 19.5 Å². The molecule has 2 heterocycles. The molecule has 2 aliphatic carbocycles. The first kappa shape index (κ1) is 24.0. The van der Waals surface area contributed by atoms with Gasteiger partial charge in [-0.2, -0.15) is 4.98 Å². The Bertz CT molecular complexity index is 1240. The van der Waals surface area contributed by atoms with Crippen LogP contribution in [0.15, 0.2) is 18.3 Å². The van der Waals surface area contributed by atoms with E-state index >= 15 is 0 Å². The molecule has 5 rings (SSSR count). The maximum atomic E-state index is 14.7. The number of carbonyl (C=O) groups is 1. The zero-order valence-corrected chi connectivity index (χ0v) is 20.4. The monoisotopic (exact) mass is 521 g/mol. The van der Waals surface area contributed by atoms with Gasteiger partial charge in [0.1, 0.15) is 11.3 Å². The molecule has 0 unspecified atom stereocenters. The van der Waals surface area contributed by atoms with E-state index in [1.54, 1.807) is 6.20 Å². The number of nitrogens with two attached hydrogens (primary N) is 1. The third-order valence-corrected chi connectivity index (χ3v) is 7.45. The van der Waals surface area contributed by atoms with E-state index in [4.69, 9.17) is 33.9 Å². The third-order valence-electron chi connectivity index (χ3n) is 6.93. The number of amides is 1. The van der Waals surface area contributed by atoms with Gasteiger partial charge in [-0.05, 0) is 57.1 Å². The van der Waals surface area contributed by atoms with Gasteiger partial charge in [-0.15, -0.1) is 0 Å². The Labute approximate surface area is 211 Å². The molecule has 0 bridgehead atoms. The van der Waals surface area contributed by atoms with Crippen molar-refractivity contribution in [2.75, 3.05) is 10.6 Å². The Hall–Kier alpha value is -2.69. The quantitative estimate of drug-likeness (QED) is 0.373. The van der Waals surface area contributed by atoms with Gasteiger partial charge in [0.2, 0.25) is 17.8 Å². The van der Waals surface area contributed by atoms with Crippen molar-refractivity contribution in [2.24, 2.45) is 11.7 Å². The van der Waals surface area contributed by atoms with Crippen molar-refractivity contribution in [1.29, 1.82) is 0 Å². The van der Waals surface area contributed by atoms with Crippen LogP contribution >= 0.6 is 23.2 Å². The summed E-state index contributed by atoms with van der Waals surface area (Å²) in [6.07, 6.45) is 6.29. The highest BCUT2D eigenvalue weighted by molar-refractivity contribution is 6.36. The summed E-state index contributed by atoms with van der Waals surface area (Å²) in [7, 11) is 0. The van der Waals surface area contributed by atoms with E-state index in [1.165, 1.54) is 12.1 Å². The number of nitrogens with zero attached hydrogens (tertiary/aromatic N) is 4. The van der Waals surface area contributed by atoms with Crippen molar-refractivity contribution in [3.05, 3.63) is 34.2 Å². The molecular weight excluding hydrogens is 496 g/mol. The molecule has 9 nitrogen and oxygen atoms in total. The lowest BCUT2D eigenvalue weighted by atomic mass is 9.85. The first-order valence-corrected chi connectivity index (χ1v) is 12.5. The topological polar surface area (TPSA) is 131 Å². The summed E-state index contributed by atoms with van der Waals surface area (Å²) in [5.41, 5.74) is 6.66. The lowest BCUT2D eigenvalue weighted by Gasteiger charge is -2.29. The molecule has 5 N–H and O–H groups in total. The van der Waals surface area contributed by atoms with Crippen molar-refractivity contribution < 1.29 is 14.3 Å². The largest absolute Gasteiger partial charge is 0.391 e. The predicted octanol–water partition coefficient (Wildman–Crippen LogP) is 4.56. The molecule has 2 fully saturated rings. The van der Waals surface area contributed by atoms with Crippen LogP contribution < -0.4 is 16.4 Å². The fourth-order valence-corrected chi connectivity index (χ4v) is 5.58. The summed E-state index contributed by atoms with van der Waals surface area (Å²) in [6.45, 7) is 0. The SMILES string of the molecule is NC(=O)[C@H]1CC[C@@H](n2c(Nc3c(F)cc(Cl)cc3Cl)nc3cnc(N[C@H]4CCC[C@@H]4O)nc32)CC1. The van der Waals surface area contributed by atoms with E-state index in [1.807, 2.05) is 4.57 Å². The number of imidazole rings is 1. The number of aliphatic hydroxyl groups is 1. The minimum absolute atomic E-state index is 0.0490. The number of primary amides is 1. The molecule has 3 aromatic rings. The molecule has 0 spiro atoms. The summed E-state index contributed by atoms with van der Waals surface area (Å²) < 4.78 is 16.6. The van der Waals surface area contributed by atoms with Gasteiger partial charge in [-0.3, -0.25) is 9.36 Å². The summed E-state index contributed by atoms with van der Waals surface area (Å²) >= 11 is 12.2. The van der Waals surface area contributed by atoms with Gasteiger partial charge in [0.25, 0.3) is 0 Å². The summed E-state index contributed by atoms with van der Waals surface area (Å²) in [5.74, 6) is -0.328. The number of rotatable bonds is 6. The van der Waals surface area contributed by atoms with Crippen LogP contribution in [0.25, 0.3) is 11.2 Å². The minimum atomic E-state index is -0.609. The summed E-state index contributed by atoms with van der Waals surface area (Å²) in [6, 6.07) is 2.46. The van der Waals surface area contributed by atoms with E-state index in [2.05, 4.69) is 20.6 Å². The van der Waals surface area contributed by atoms with Crippen LogP contribution in [0.5, 0.6) is 0 Å². The smallest absolute Gasteiger partial charge is 0.225 e. The van der Waals surface area contributed by atoms with Gasteiger partial charge in [0.05, 0.1) is 29.1 Å². The number of aromatic nitrogens is 4. The van der Waals surface area contributed by atoms with Crippen LogP contribution in [-0.2, 0) is 4.79 Å². The van der Waals surface area contributed by atoms with Crippen molar-refractivity contribution in [3.63, 3.8) is 0 Å². The number of halogens is 3. The van der Waals surface area contributed by atoms with Crippen LogP contribution in [0.4, 0.5) is 22.0 Å². The second kappa shape index (κ2) is 9.75. The lowest BCUT2D eigenvalue weighted by Crippen LogP contribution is -2.29. The molecular formula is C23H26Cl2FN7O2. The number of carbonyl (C=O) groups excluding carboxylic acids is 1. The molecule has 2 aliphatic rings. The number of aliphatic hydroxyl groups excluding tert-OH is 1. The molecule has 0 radical (unpaired) electrons. The van der Waals surface area contributed by atoms with E-state index in [0.29, 0.717) is 48.7 Å². The second-order valence-corrected chi connectivity index (χ2v) is 10.1. The van der Waals surface area contributed by atoms with Crippen molar-refractivity contribution in [3.8, 4) is 0 Å². The van der Waals surface area contributed by atoms with Gasteiger partial charge in [0.15, 0.2) is 5.65 Å². The van der Waals surface area contributed by atoms with Crippen LogP contribution in [-0.4, -0.2) is 42.7 Å². The van der Waals surface area contributed by atoms with Gasteiger partial charge < -0.3 is 21.5 Å². The molecule has 2 aromatic heterocycles. The van der Waals surface area contributed by atoms with Crippen molar-refractivity contribution >= 4 is 57.9 Å². The number of nitrogens with one attached hydrogen (secondary N) is 2. The van der Waals surface area contributed by atoms with E-state index in [9.17, 15) is 14.3 Å². The normalized spacial score (nSPS) is 24.6. The van der Waals surface area contributed by atoms with Crippen LogP contribution in [0.3, 0.4) is 0 Å². The molecule has 12 heteroatoms. The Kier molecular flexibility index (Phi) is 6.69. The average Bonchev–Trinajstić information content (AvgIpc) is 3.38. The van der Waals surface area contributed by atoms with E-state index in [0.717, 1.165) is 19.3 Å². The lowest BCUT2D eigenvalue weighted by molar-refractivity contribution is -0.122. The fourth-order valence-electron chi connectivity index (χ4n) is 5.06. The highest BCUT2D eigenvalue weighted by Crippen LogP contribution is 2.38. The van der Waals surface area contributed by atoms with Crippen LogP contribution in [0, 0.1) is 11.7 Å². The number of benzene rings is 1. The van der Waals surface area contributed by atoms with Gasteiger partial charge in [-0.1, -0.05) is 23.2 Å². The Balaban J connectivity index is 1.54. The second-order valence-electron chi connectivity index (χ2n) is 9.23. The summed E-state index contributed by atoms with van der Waals surface area (Å²) in [4.78, 5) is 25.4. The molecule has 0 saturated heterocycles. The number of hydrogen-bond acceptors (Lipinski definition) is 7. The molecule has 2 saturated carbocycles. The van der Waals surface area contributed by atoms with Gasteiger partial charge in [0, 0.05) is 17.0 Å². The minimum Gasteiger partial charge on any atom is -0.391 e. The predicted molar refractivity (Wildman–Crippen MR) is 132 cm³/mol.